The average molecular weight is 381 g/mol. The highest BCUT2D eigenvalue weighted by molar-refractivity contribution is 6.09. The number of benzene rings is 2. The Morgan fingerprint density at radius 2 is 1.57 bits per heavy atom. The quantitative estimate of drug-likeness (QED) is 0.581. The summed E-state index contributed by atoms with van der Waals surface area (Å²) in [5.41, 5.74) is 1.60. The van der Waals surface area contributed by atoms with Crippen LogP contribution in [0.5, 0.6) is 0 Å². The number of esters is 2. The van der Waals surface area contributed by atoms with Crippen LogP contribution in [0.1, 0.15) is 15.9 Å². The van der Waals surface area contributed by atoms with E-state index in [0.717, 1.165) is 0 Å². The first-order chi connectivity index (χ1) is 13.6. The van der Waals surface area contributed by atoms with Gasteiger partial charge < -0.3 is 19.1 Å². The van der Waals surface area contributed by atoms with Crippen LogP contribution in [-0.2, 0) is 23.8 Å². The fourth-order valence-electron chi connectivity index (χ4n) is 2.92. The maximum atomic E-state index is 12.7. The van der Waals surface area contributed by atoms with Crippen LogP contribution in [0, 0.1) is 0 Å². The van der Waals surface area contributed by atoms with Crippen molar-refractivity contribution in [3.63, 3.8) is 0 Å². The average Bonchev–Trinajstić information content (AvgIpc) is 2.77. The first-order valence-corrected chi connectivity index (χ1v) is 8.51. The third kappa shape index (κ3) is 3.79. The lowest BCUT2D eigenvalue weighted by Crippen LogP contribution is -2.38. The predicted molar refractivity (Wildman–Crippen MR) is 101 cm³/mol. The van der Waals surface area contributed by atoms with Crippen LogP contribution in [0.3, 0.4) is 0 Å². The molecule has 0 N–H and O–H groups in total. The molecule has 0 aliphatic carbocycles. The molecule has 28 heavy (non-hydrogen) atoms. The number of hydrogen-bond donors (Lipinski definition) is 0. The molecule has 0 unspecified atom stereocenters. The zero-order valence-electron chi connectivity index (χ0n) is 15.5. The Balaban J connectivity index is 2.03. The van der Waals surface area contributed by atoms with E-state index >= 15 is 0 Å². The smallest absolute Gasteiger partial charge is 0.355 e. The lowest BCUT2D eigenvalue weighted by atomic mass is 10.0. The highest BCUT2D eigenvalue weighted by Gasteiger charge is 2.32. The fourth-order valence-corrected chi connectivity index (χ4v) is 2.92. The molecule has 0 bridgehead atoms. The summed E-state index contributed by atoms with van der Waals surface area (Å²) in [7, 11) is 2.45. The van der Waals surface area contributed by atoms with E-state index in [1.807, 2.05) is 6.07 Å². The lowest BCUT2D eigenvalue weighted by Gasteiger charge is -2.31. The van der Waals surface area contributed by atoms with Gasteiger partial charge in [0, 0.05) is 16.8 Å². The zero-order chi connectivity index (χ0) is 20.1. The van der Waals surface area contributed by atoms with Gasteiger partial charge in [-0.3, -0.25) is 4.79 Å². The molecule has 0 amide bonds. The number of hydrogen-bond acceptors (Lipinski definition) is 7. The molecule has 7 heteroatoms. The summed E-state index contributed by atoms with van der Waals surface area (Å²) in [6, 6.07) is 15.6. The Kier molecular flexibility index (Phi) is 5.86. The number of rotatable bonds is 5. The van der Waals surface area contributed by atoms with Gasteiger partial charge in [-0.2, -0.15) is 0 Å². The summed E-state index contributed by atoms with van der Waals surface area (Å²) in [5.74, 6) is -1.53. The minimum Gasteiger partial charge on any atom is -0.466 e. The van der Waals surface area contributed by atoms with Gasteiger partial charge in [0.2, 0.25) is 0 Å². The molecule has 0 aromatic heterocycles. The number of ketones is 1. The molecule has 2 aromatic rings. The van der Waals surface area contributed by atoms with Crippen LogP contribution < -0.4 is 4.90 Å². The molecule has 1 aliphatic heterocycles. The summed E-state index contributed by atoms with van der Waals surface area (Å²) in [6.45, 7) is -0.0514. The van der Waals surface area contributed by atoms with Crippen molar-refractivity contribution >= 4 is 23.4 Å². The van der Waals surface area contributed by atoms with Crippen LogP contribution in [0.25, 0.3) is 0 Å². The fraction of sp³-hybridized carbons (Fsp3) is 0.190. The molecule has 144 valence electrons. The van der Waals surface area contributed by atoms with E-state index < -0.39 is 11.9 Å². The van der Waals surface area contributed by atoms with Crippen LogP contribution >= 0.6 is 0 Å². The summed E-state index contributed by atoms with van der Waals surface area (Å²) < 4.78 is 15.1. The second-order valence-corrected chi connectivity index (χ2v) is 5.96. The molecule has 0 saturated heterocycles. The van der Waals surface area contributed by atoms with Crippen LogP contribution in [-0.4, -0.2) is 45.3 Å². The number of nitrogens with zero attached hydrogens (tertiary/aromatic N) is 1. The van der Waals surface area contributed by atoms with E-state index in [9.17, 15) is 14.4 Å². The van der Waals surface area contributed by atoms with Crippen molar-refractivity contribution in [1.82, 2.24) is 0 Å². The molecular formula is C21H19NO6. The Morgan fingerprint density at radius 1 is 0.893 bits per heavy atom. The first kappa shape index (κ1) is 19.3. The number of anilines is 1. The Bertz CT molecular complexity index is 935. The molecule has 0 fully saturated rings. The molecule has 1 heterocycles. The summed E-state index contributed by atoms with van der Waals surface area (Å²) in [4.78, 5) is 38.7. The van der Waals surface area contributed by atoms with Crippen molar-refractivity contribution in [2.24, 2.45) is 0 Å². The number of carbonyl (C=O) groups excluding carboxylic acids is 3. The Hall–Kier alpha value is -3.45. The van der Waals surface area contributed by atoms with Crippen molar-refractivity contribution in [1.29, 1.82) is 0 Å². The van der Waals surface area contributed by atoms with Gasteiger partial charge in [0.15, 0.2) is 5.78 Å². The summed E-state index contributed by atoms with van der Waals surface area (Å²) in [6.07, 6.45) is 0. The van der Waals surface area contributed by atoms with Crippen molar-refractivity contribution in [2.45, 2.75) is 0 Å². The standard InChI is InChI=1S/C21H19NO6/c1-26-20(24)17-12-28-13-22(18(17)21(25)27-2)16-10-6-9-15(11-16)19(23)14-7-4-3-5-8-14/h3-11H,12-13H2,1-2H3. The van der Waals surface area contributed by atoms with Gasteiger partial charge in [0.25, 0.3) is 0 Å². The van der Waals surface area contributed by atoms with Gasteiger partial charge in [0.05, 0.1) is 26.4 Å². The van der Waals surface area contributed by atoms with Crippen molar-refractivity contribution in [3.8, 4) is 0 Å². The molecule has 7 nitrogen and oxygen atoms in total. The molecular weight excluding hydrogens is 362 g/mol. The first-order valence-electron chi connectivity index (χ1n) is 8.51. The van der Waals surface area contributed by atoms with Crippen molar-refractivity contribution < 1.29 is 28.6 Å². The van der Waals surface area contributed by atoms with Gasteiger partial charge in [-0.25, -0.2) is 9.59 Å². The van der Waals surface area contributed by atoms with Gasteiger partial charge in [0.1, 0.15) is 12.4 Å². The third-order valence-electron chi connectivity index (χ3n) is 4.29. The van der Waals surface area contributed by atoms with Crippen LogP contribution in [0.4, 0.5) is 5.69 Å². The van der Waals surface area contributed by atoms with E-state index in [1.54, 1.807) is 48.5 Å². The molecule has 2 aromatic carbocycles. The molecule has 0 radical (unpaired) electrons. The van der Waals surface area contributed by atoms with Crippen LogP contribution in [0.15, 0.2) is 65.9 Å². The monoisotopic (exact) mass is 381 g/mol. The highest BCUT2D eigenvalue weighted by Crippen LogP contribution is 2.28. The third-order valence-corrected chi connectivity index (χ3v) is 4.29. The Morgan fingerprint density at radius 3 is 2.25 bits per heavy atom. The van der Waals surface area contributed by atoms with Gasteiger partial charge in [-0.1, -0.05) is 42.5 Å². The molecule has 0 atom stereocenters. The Labute approximate surface area is 162 Å². The largest absolute Gasteiger partial charge is 0.466 e. The summed E-state index contributed by atoms with van der Waals surface area (Å²) in [5, 5.41) is 0. The van der Waals surface area contributed by atoms with Gasteiger partial charge in [-0.15, -0.1) is 0 Å². The van der Waals surface area contributed by atoms with Gasteiger partial charge in [-0.05, 0) is 12.1 Å². The van der Waals surface area contributed by atoms with Crippen LogP contribution in [0.2, 0.25) is 0 Å². The van der Waals surface area contributed by atoms with E-state index in [-0.39, 0.29) is 30.4 Å². The van der Waals surface area contributed by atoms with Crippen molar-refractivity contribution in [3.05, 3.63) is 77.0 Å². The van der Waals surface area contributed by atoms with E-state index in [2.05, 4.69) is 0 Å². The molecule has 0 saturated carbocycles. The minimum atomic E-state index is -0.691. The predicted octanol–water partition coefficient (Wildman–Crippen LogP) is 2.31. The number of ether oxygens (including phenoxy) is 3. The van der Waals surface area contributed by atoms with E-state index in [0.29, 0.717) is 16.8 Å². The topological polar surface area (TPSA) is 82.1 Å². The normalized spacial score (nSPS) is 13.9. The SMILES string of the molecule is COC(=O)C1=C(C(=O)OC)N(c2cccc(C(=O)c3ccccc3)c2)COC1. The summed E-state index contributed by atoms with van der Waals surface area (Å²) >= 11 is 0. The number of carbonyl (C=O) groups is 3. The van der Waals surface area contributed by atoms with Gasteiger partial charge >= 0.3 is 11.9 Å². The molecule has 1 aliphatic rings. The maximum Gasteiger partial charge on any atom is 0.355 e. The highest BCUT2D eigenvalue weighted by atomic mass is 16.5. The molecule has 0 spiro atoms. The van der Waals surface area contributed by atoms with E-state index in [1.165, 1.54) is 19.1 Å². The van der Waals surface area contributed by atoms with Crippen molar-refractivity contribution in [2.75, 3.05) is 32.5 Å². The number of methoxy groups -OCH3 is 2. The maximum absolute atomic E-state index is 12.7. The minimum absolute atomic E-state index is 0.0217. The molecule has 3 rings (SSSR count). The second-order valence-electron chi connectivity index (χ2n) is 5.96. The lowest BCUT2D eigenvalue weighted by molar-refractivity contribution is -0.140. The second kappa shape index (κ2) is 8.49. The van der Waals surface area contributed by atoms with E-state index in [4.69, 9.17) is 14.2 Å². The zero-order valence-corrected chi connectivity index (χ0v) is 15.5.